The number of ether oxygens (including phenoxy) is 2. The van der Waals surface area contributed by atoms with Gasteiger partial charge in [-0.2, -0.15) is 0 Å². The minimum absolute atomic E-state index is 0.00789. The lowest BCUT2D eigenvalue weighted by Crippen LogP contribution is -2.38. The van der Waals surface area contributed by atoms with Crippen molar-refractivity contribution in [1.29, 1.82) is 0 Å². The summed E-state index contributed by atoms with van der Waals surface area (Å²) >= 11 is 0. The minimum atomic E-state index is -0.393. The van der Waals surface area contributed by atoms with Crippen LogP contribution < -0.4 is 19.7 Å². The van der Waals surface area contributed by atoms with E-state index in [1.54, 1.807) is 19.1 Å². The molecule has 0 aliphatic carbocycles. The monoisotopic (exact) mass is 411 g/mol. The predicted molar refractivity (Wildman–Crippen MR) is 116 cm³/mol. The maximum atomic E-state index is 12.8. The van der Waals surface area contributed by atoms with Crippen molar-refractivity contribution >= 4 is 17.5 Å². The van der Waals surface area contributed by atoms with E-state index in [1.165, 1.54) is 0 Å². The van der Waals surface area contributed by atoms with E-state index in [2.05, 4.69) is 10.2 Å². The number of para-hydroxylation sites is 2. The Balaban J connectivity index is 1.66. The number of rotatable bonds is 8. The largest absolute Gasteiger partial charge is 0.497 e. The third kappa shape index (κ3) is 4.74. The number of nitrogens with one attached hydrogen (secondary N) is 1. The Morgan fingerprint density at radius 2 is 1.93 bits per heavy atom. The van der Waals surface area contributed by atoms with E-state index in [0.717, 1.165) is 11.3 Å². The summed E-state index contributed by atoms with van der Waals surface area (Å²) < 4.78 is 10.7. The summed E-state index contributed by atoms with van der Waals surface area (Å²) in [6.45, 7) is 0.787. The SMILES string of the molecule is COc1cccc(C(CNC(=O)C2CC(=O)N(c3ccccc3OC)C2)N(C)C)c1. The van der Waals surface area contributed by atoms with E-state index in [1.807, 2.05) is 62.6 Å². The first-order valence-electron chi connectivity index (χ1n) is 9.96. The molecule has 1 saturated heterocycles. The van der Waals surface area contributed by atoms with Crippen molar-refractivity contribution in [3.63, 3.8) is 0 Å². The van der Waals surface area contributed by atoms with Crippen molar-refractivity contribution in [1.82, 2.24) is 10.2 Å². The van der Waals surface area contributed by atoms with Crippen molar-refractivity contribution in [2.24, 2.45) is 5.92 Å². The molecule has 160 valence electrons. The number of hydrogen-bond acceptors (Lipinski definition) is 5. The molecular formula is C23H29N3O4. The molecule has 30 heavy (non-hydrogen) atoms. The van der Waals surface area contributed by atoms with E-state index in [9.17, 15) is 9.59 Å². The van der Waals surface area contributed by atoms with Crippen molar-refractivity contribution in [3.8, 4) is 11.5 Å². The third-order valence-electron chi connectivity index (χ3n) is 5.44. The second kappa shape index (κ2) is 9.63. The average Bonchev–Trinajstić information content (AvgIpc) is 3.15. The van der Waals surface area contributed by atoms with E-state index >= 15 is 0 Å². The molecule has 0 aromatic heterocycles. The van der Waals surface area contributed by atoms with Gasteiger partial charge >= 0.3 is 0 Å². The molecular weight excluding hydrogens is 382 g/mol. The molecule has 2 amide bonds. The zero-order chi connectivity index (χ0) is 21.7. The first-order valence-corrected chi connectivity index (χ1v) is 9.96. The van der Waals surface area contributed by atoms with Gasteiger partial charge in [0.15, 0.2) is 0 Å². The van der Waals surface area contributed by atoms with Gasteiger partial charge in [-0.25, -0.2) is 0 Å². The molecule has 2 aromatic rings. The molecule has 1 aliphatic rings. The molecule has 1 aliphatic heterocycles. The lowest BCUT2D eigenvalue weighted by molar-refractivity contribution is -0.126. The summed E-state index contributed by atoms with van der Waals surface area (Å²) in [7, 11) is 7.15. The molecule has 2 unspecified atom stereocenters. The van der Waals surface area contributed by atoms with Crippen LogP contribution in [0.4, 0.5) is 5.69 Å². The van der Waals surface area contributed by atoms with Gasteiger partial charge in [-0.05, 0) is 43.9 Å². The minimum Gasteiger partial charge on any atom is -0.497 e. The molecule has 1 N–H and O–H groups in total. The van der Waals surface area contributed by atoms with Crippen LogP contribution in [-0.4, -0.2) is 58.1 Å². The van der Waals surface area contributed by atoms with Crippen LogP contribution in [0, 0.1) is 5.92 Å². The normalized spacial score (nSPS) is 17.2. The number of benzene rings is 2. The summed E-state index contributed by atoms with van der Waals surface area (Å²) in [5, 5.41) is 3.03. The van der Waals surface area contributed by atoms with Crippen LogP contribution in [0.2, 0.25) is 0 Å². The second-order valence-corrected chi connectivity index (χ2v) is 7.58. The Morgan fingerprint density at radius 1 is 1.17 bits per heavy atom. The number of amides is 2. The maximum Gasteiger partial charge on any atom is 0.227 e. The first-order chi connectivity index (χ1) is 14.4. The Hall–Kier alpha value is -3.06. The maximum absolute atomic E-state index is 12.8. The average molecular weight is 412 g/mol. The Bertz CT molecular complexity index is 900. The van der Waals surface area contributed by atoms with Crippen LogP contribution in [0.15, 0.2) is 48.5 Å². The zero-order valence-electron chi connectivity index (χ0n) is 17.9. The van der Waals surface area contributed by atoms with E-state index in [4.69, 9.17) is 9.47 Å². The van der Waals surface area contributed by atoms with E-state index in [0.29, 0.717) is 24.5 Å². The fourth-order valence-electron chi connectivity index (χ4n) is 3.76. The Kier molecular flexibility index (Phi) is 6.95. The number of carbonyl (C=O) groups is 2. The molecule has 0 bridgehead atoms. The molecule has 2 aromatic carbocycles. The number of anilines is 1. The fourth-order valence-corrected chi connectivity index (χ4v) is 3.76. The highest BCUT2D eigenvalue weighted by Gasteiger charge is 2.36. The van der Waals surface area contributed by atoms with Gasteiger partial charge in [0.25, 0.3) is 0 Å². The highest BCUT2D eigenvalue weighted by Crippen LogP contribution is 2.33. The molecule has 7 heteroatoms. The lowest BCUT2D eigenvalue weighted by Gasteiger charge is -2.26. The van der Waals surface area contributed by atoms with Crippen molar-refractivity contribution < 1.29 is 19.1 Å². The molecule has 3 rings (SSSR count). The van der Waals surface area contributed by atoms with Gasteiger partial charge in [-0.1, -0.05) is 24.3 Å². The third-order valence-corrected chi connectivity index (χ3v) is 5.44. The summed E-state index contributed by atoms with van der Waals surface area (Å²) in [6, 6.07) is 15.2. The molecule has 7 nitrogen and oxygen atoms in total. The molecule has 0 radical (unpaired) electrons. The van der Waals surface area contributed by atoms with Crippen molar-refractivity contribution in [2.45, 2.75) is 12.5 Å². The Morgan fingerprint density at radius 3 is 2.63 bits per heavy atom. The molecule has 1 fully saturated rings. The van der Waals surface area contributed by atoms with Gasteiger partial charge in [0.05, 0.1) is 31.9 Å². The summed E-state index contributed by atoms with van der Waals surface area (Å²) in [6.07, 6.45) is 0.190. The highest BCUT2D eigenvalue weighted by atomic mass is 16.5. The molecule has 0 saturated carbocycles. The lowest BCUT2D eigenvalue weighted by atomic mass is 10.0. The number of methoxy groups -OCH3 is 2. The Labute approximate surface area is 177 Å². The number of carbonyl (C=O) groups excluding carboxylic acids is 2. The van der Waals surface area contributed by atoms with Crippen molar-refractivity contribution in [3.05, 3.63) is 54.1 Å². The van der Waals surface area contributed by atoms with E-state index < -0.39 is 5.92 Å². The predicted octanol–water partition coefficient (Wildman–Crippen LogP) is 2.48. The standard InChI is InChI=1S/C23H29N3O4/c1-25(2)20(16-8-7-9-18(12-16)29-3)14-24-23(28)17-13-22(27)26(15-17)19-10-5-6-11-21(19)30-4/h5-12,17,20H,13-15H2,1-4H3,(H,24,28). The number of hydrogen-bond donors (Lipinski definition) is 1. The number of nitrogens with zero attached hydrogens (tertiary/aromatic N) is 2. The van der Waals surface area contributed by atoms with Gasteiger partial charge in [-0.3, -0.25) is 9.59 Å². The fraction of sp³-hybridized carbons (Fsp3) is 0.391. The molecule has 1 heterocycles. The van der Waals surface area contributed by atoms with Gasteiger partial charge in [0.1, 0.15) is 11.5 Å². The van der Waals surface area contributed by atoms with Crippen LogP contribution in [0.25, 0.3) is 0 Å². The molecule has 2 atom stereocenters. The van der Waals surface area contributed by atoms with E-state index in [-0.39, 0.29) is 24.3 Å². The van der Waals surface area contributed by atoms with Crippen LogP contribution in [0.5, 0.6) is 11.5 Å². The van der Waals surface area contributed by atoms with Crippen molar-refractivity contribution in [2.75, 3.05) is 46.3 Å². The zero-order valence-corrected chi connectivity index (χ0v) is 17.9. The smallest absolute Gasteiger partial charge is 0.227 e. The van der Waals surface area contributed by atoms with Crippen LogP contribution >= 0.6 is 0 Å². The van der Waals surface area contributed by atoms with Gasteiger partial charge in [0, 0.05) is 19.5 Å². The molecule has 0 spiro atoms. The quantitative estimate of drug-likeness (QED) is 0.723. The topological polar surface area (TPSA) is 71.1 Å². The highest BCUT2D eigenvalue weighted by molar-refractivity contribution is 6.01. The summed E-state index contributed by atoms with van der Waals surface area (Å²) in [5.41, 5.74) is 1.75. The van der Waals surface area contributed by atoms with Gasteiger partial charge in [-0.15, -0.1) is 0 Å². The van der Waals surface area contributed by atoms with Crippen LogP contribution in [0.1, 0.15) is 18.0 Å². The first kappa shape index (κ1) is 21.6. The van der Waals surface area contributed by atoms with Crippen LogP contribution in [0.3, 0.4) is 0 Å². The van der Waals surface area contributed by atoms with Gasteiger partial charge in [0.2, 0.25) is 11.8 Å². The van der Waals surface area contributed by atoms with Crippen LogP contribution in [-0.2, 0) is 9.59 Å². The number of likely N-dealkylation sites (N-methyl/N-ethyl adjacent to an activating group) is 1. The summed E-state index contributed by atoms with van der Waals surface area (Å²) in [4.78, 5) is 29.1. The van der Waals surface area contributed by atoms with Gasteiger partial charge < -0.3 is 24.6 Å². The summed E-state index contributed by atoms with van der Waals surface area (Å²) in [5.74, 6) is 0.819. The second-order valence-electron chi connectivity index (χ2n) is 7.58.